The molecule has 0 aliphatic rings. The van der Waals surface area contributed by atoms with Gasteiger partial charge in [0, 0.05) is 0 Å². The zero-order valence-corrected chi connectivity index (χ0v) is 19.3. The Labute approximate surface area is 155 Å². The van der Waals surface area contributed by atoms with Gasteiger partial charge in [0.05, 0.1) is 0 Å². The molecule has 0 saturated carbocycles. The molecule has 6 heteroatoms. The predicted molar refractivity (Wildman–Crippen MR) is 103 cm³/mol. The van der Waals surface area contributed by atoms with Gasteiger partial charge in [-0.1, -0.05) is 0 Å². The summed E-state index contributed by atoms with van der Waals surface area (Å²) in [5.74, 6) is 0.993. The van der Waals surface area contributed by atoms with Crippen LogP contribution in [-0.4, -0.2) is 55.1 Å². The van der Waals surface area contributed by atoms with Gasteiger partial charge in [-0.2, -0.15) is 0 Å². The molecule has 0 spiro atoms. The van der Waals surface area contributed by atoms with Crippen molar-refractivity contribution in [2.75, 3.05) is 0 Å². The SMILES string of the molecule is Cn1c(-c2ccccc2)nn(P(=[Se])(C(C)(C)C)C(C)(C)C)c1=[Se]. The third-order valence-corrected chi connectivity index (χ3v) is 17.6. The standard InChI is InChI=1S/C17H26N3PSe2/c1-16(2,3)21(23,17(4,5)6)20-15(22)19(7)14(18-20)13-11-9-8-10-12-13/h8-12H,1-7H3. The topological polar surface area (TPSA) is 22.8 Å². The van der Waals surface area contributed by atoms with Crippen LogP contribution in [-0.2, 0) is 7.05 Å². The number of benzene rings is 1. The fourth-order valence-electron chi connectivity index (χ4n) is 3.02. The first-order valence-electron chi connectivity index (χ1n) is 7.74. The first kappa shape index (κ1) is 19.2. The summed E-state index contributed by atoms with van der Waals surface area (Å²) in [6, 6.07) is 10.4. The van der Waals surface area contributed by atoms with E-state index >= 15 is 0 Å². The van der Waals surface area contributed by atoms with Crippen molar-refractivity contribution in [1.82, 2.24) is 14.1 Å². The molecule has 0 radical (unpaired) electrons. The van der Waals surface area contributed by atoms with Gasteiger partial charge < -0.3 is 0 Å². The molecule has 0 fully saturated rings. The minimum absolute atomic E-state index is 0.108. The van der Waals surface area contributed by atoms with E-state index in [9.17, 15) is 0 Å². The molecular formula is C17H26N3PSe2. The molecule has 1 aromatic carbocycles. The van der Waals surface area contributed by atoms with Gasteiger partial charge in [0.25, 0.3) is 0 Å². The van der Waals surface area contributed by atoms with E-state index in [0.717, 1.165) is 15.7 Å². The summed E-state index contributed by atoms with van der Waals surface area (Å²) in [5, 5.41) is 5.27. The van der Waals surface area contributed by atoms with Crippen molar-refractivity contribution in [3.05, 3.63) is 34.7 Å². The third kappa shape index (κ3) is 3.20. The Hall–Kier alpha value is -0.171. The molecule has 3 nitrogen and oxygen atoms in total. The van der Waals surface area contributed by atoms with E-state index in [-0.39, 0.29) is 10.3 Å². The Morgan fingerprint density at radius 1 is 0.957 bits per heavy atom. The van der Waals surface area contributed by atoms with Gasteiger partial charge in [-0.25, -0.2) is 0 Å². The summed E-state index contributed by atoms with van der Waals surface area (Å²) in [4.78, 5) is 0. The van der Waals surface area contributed by atoms with E-state index in [4.69, 9.17) is 5.10 Å². The van der Waals surface area contributed by atoms with Gasteiger partial charge in [0.2, 0.25) is 0 Å². The Morgan fingerprint density at radius 3 is 1.87 bits per heavy atom. The first-order chi connectivity index (χ1) is 10.4. The number of hydrogen-bond donors (Lipinski definition) is 0. The van der Waals surface area contributed by atoms with Crippen LogP contribution in [0.25, 0.3) is 11.4 Å². The summed E-state index contributed by atoms with van der Waals surface area (Å²) in [5.41, 5.74) is -0.587. The molecule has 1 aromatic heterocycles. The zero-order chi connectivity index (χ0) is 17.6. The van der Waals surface area contributed by atoms with Crippen molar-refractivity contribution in [3.63, 3.8) is 0 Å². The van der Waals surface area contributed by atoms with Crippen molar-refractivity contribution in [2.24, 2.45) is 7.05 Å². The molecule has 0 saturated heterocycles. The van der Waals surface area contributed by atoms with Crippen molar-refractivity contribution in [2.45, 2.75) is 51.9 Å². The molecule has 0 N–H and O–H groups in total. The molecule has 0 unspecified atom stereocenters. The van der Waals surface area contributed by atoms with E-state index in [1.165, 1.54) is 0 Å². The summed E-state index contributed by atoms with van der Waals surface area (Å²) in [6.07, 6.45) is 0. The summed E-state index contributed by atoms with van der Waals surface area (Å²) in [7, 11) is 2.08. The average Bonchev–Trinajstić information content (AvgIpc) is 2.73. The van der Waals surface area contributed by atoms with E-state index < -0.39 is 5.66 Å². The van der Waals surface area contributed by atoms with Crippen molar-refractivity contribution < 1.29 is 0 Å². The summed E-state index contributed by atoms with van der Waals surface area (Å²) < 4.78 is 5.47. The Balaban J connectivity index is 2.79. The normalized spacial score (nSPS) is 13.3. The fourth-order valence-corrected chi connectivity index (χ4v) is 9.30. The van der Waals surface area contributed by atoms with Crippen molar-refractivity contribution in [3.8, 4) is 11.4 Å². The van der Waals surface area contributed by atoms with Gasteiger partial charge in [0.15, 0.2) is 0 Å². The predicted octanol–water partition coefficient (Wildman–Crippen LogP) is 4.05. The van der Waals surface area contributed by atoms with Gasteiger partial charge in [-0.05, 0) is 0 Å². The van der Waals surface area contributed by atoms with Crippen LogP contribution in [0.4, 0.5) is 0 Å². The molecule has 2 rings (SSSR count). The van der Waals surface area contributed by atoms with Crippen LogP contribution in [0, 0.1) is 4.32 Å². The molecule has 0 aliphatic carbocycles. The number of hydrogen-bond acceptors (Lipinski definition) is 1. The van der Waals surface area contributed by atoms with Gasteiger partial charge in [-0.3, -0.25) is 0 Å². The van der Waals surface area contributed by atoms with Crippen LogP contribution in [0.15, 0.2) is 30.3 Å². The van der Waals surface area contributed by atoms with E-state index in [0.29, 0.717) is 0 Å². The van der Waals surface area contributed by atoms with Gasteiger partial charge >= 0.3 is 155 Å². The van der Waals surface area contributed by atoms with Gasteiger partial charge in [-0.15, -0.1) is 0 Å². The molecule has 0 bridgehead atoms. The molecule has 2 aromatic rings. The van der Waals surface area contributed by atoms with Crippen molar-refractivity contribution in [1.29, 1.82) is 0 Å². The molecule has 126 valence electrons. The zero-order valence-electron chi connectivity index (χ0n) is 15.0. The second-order valence-electron chi connectivity index (χ2n) is 7.84. The van der Waals surface area contributed by atoms with Crippen molar-refractivity contribution >= 4 is 36.3 Å². The average molecular weight is 461 g/mol. The van der Waals surface area contributed by atoms with Crippen LogP contribution in [0.3, 0.4) is 0 Å². The Morgan fingerprint density at radius 2 is 1.43 bits per heavy atom. The Kier molecular flexibility index (Phi) is 5.23. The molecule has 23 heavy (non-hydrogen) atoms. The number of aromatic nitrogens is 3. The van der Waals surface area contributed by atoms with Crippen LogP contribution >= 0.6 is 5.66 Å². The number of nitrogens with zero attached hydrogens (tertiary/aromatic N) is 3. The number of rotatable bonds is 2. The van der Waals surface area contributed by atoms with E-state index in [1.807, 2.05) is 6.07 Å². The Bertz CT molecular complexity index is 787. The molecule has 0 atom stereocenters. The quantitative estimate of drug-likeness (QED) is 0.489. The monoisotopic (exact) mass is 463 g/mol. The maximum absolute atomic E-state index is 5.05. The third-order valence-electron chi connectivity index (χ3n) is 4.08. The molecule has 0 amide bonds. The van der Waals surface area contributed by atoms with Crippen LogP contribution in [0.2, 0.25) is 0 Å². The summed E-state index contributed by atoms with van der Waals surface area (Å²) in [6.45, 7) is 13.9. The first-order valence-corrected chi connectivity index (χ1v) is 12.6. The second-order valence-corrected chi connectivity index (χ2v) is 16.1. The van der Waals surface area contributed by atoms with E-state index in [2.05, 4.69) is 113 Å². The van der Waals surface area contributed by atoms with Crippen LogP contribution < -0.4 is 0 Å². The van der Waals surface area contributed by atoms with Crippen LogP contribution in [0.1, 0.15) is 41.5 Å². The van der Waals surface area contributed by atoms with Crippen LogP contribution in [0.5, 0.6) is 0 Å². The van der Waals surface area contributed by atoms with E-state index in [1.54, 1.807) is 0 Å². The second kappa shape index (κ2) is 6.28. The minimum atomic E-state index is -1.73. The fraction of sp³-hybridized carbons (Fsp3) is 0.529. The molecular weight excluding hydrogens is 435 g/mol. The molecule has 1 heterocycles. The molecule has 0 aliphatic heterocycles. The maximum atomic E-state index is 5.05. The summed E-state index contributed by atoms with van der Waals surface area (Å²) >= 11 is 6.85. The van der Waals surface area contributed by atoms with Gasteiger partial charge in [0.1, 0.15) is 0 Å².